The molecule has 2 aliphatic heterocycles. The summed E-state index contributed by atoms with van der Waals surface area (Å²) in [7, 11) is 1.53. The third-order valence-electron chi connectivity index (χ3n) is 5.98. The maximum atomic E-state index is 13.0. The van der Waals surface area contributed by atoms with Crippen LogP contribution in [0.5, 0.6) is 11.5 Å². The summed E-state index contributed by atoms with van der Waals surface area (Å²) in [6.07, 6.45) is 0. The number of carbonyl (C=O) groups excluding carboxylic acids is 2. The second-order valence-electron chi connectivity index (χ2n) is 7.91. The van der Waals surface area contributed by atoms with E-state index < -0.39 is 17.7 Å². The maximum absolute atomic E-state index is 13.0. The molecule has 0 aliphatic carbocycles. The number of ether oxygens (including phenoxy) is 2. The lowest BCUT2D eigenvalue weighted by Crippen LogP contribution is -3.14. The molecule has 1 atom stereocenters. The first-order valence-corrected chi connectivity index (χ1v) is 10.6. The van der Waals surface area contributed by atoms with Gasteiger partial charge in [-0.25, -0.2) is 0 Å². The van der Waals surface area contributed by atoms with Gasteiger partial charge in [-0.05, 0) is 29.8 Å². The molecular formula is C24H26N2O6. The standard InChI is InChI=1S/C24H26N2O6/c1-31-19-7-5-16(6-8-19)22(28)20-21(17-3-2-4-18(27)15-17)26(24(30)23(20)29)10-9-25-11-13-32-14-12-25/h2-8,15,21,27-28H,9-14H2,1H3. The summed E-state index contributed by atoms with van der Waals surface area (Å²) in [5, 5.41) is 23.1. The van der Waals surface area contributed by atoms with Gasteiger partial charge >= 0.3 is 0 Å². The van der Waals surface area contributed by atoms with Crippen LogP contribution in [0.3, 0.4) is 0 Å². The average molecular weight is 438 g/mol. The number of rotatable bonds is 6. The summed E-state index contributed by atoms with van der Waals surface area (Å²) in [5.74, 6) is -1.32. The maximum Gasteiger partial charge on any atom is 0.295 e. The molecule has 32 heavy (non-hydrogen) atoms. The molecule has 8 nitrogen and oxygen atoms in total. The normalized spacial score (nSPS) is 21.2. The quantitative estimate of drug-likeness (QED) is 0.377. The summed E-state index contributed by atoms with van der Waals surface area (Å²) >= 11 is 0. The lowest BCUT2D eigenvalue weighted by Gasteiger charge is -2.29. The number of likely N-dealkylation sites (tertiary alicyclic amines) is 1. The molecule has 1 unspecified atom stereocenters. The van der Waals surface area contributed by atoms with E-state index in [0.29, 0.717) is 43.2 Å². The second kappa shape index (κ2) is 9.42. The number of morpholine rings is 1. The average Bonchev–Trinajstić information content (AvgIpc) is 3.08. The van der Waals surface area contributed by atoms with Crippen molar-refractivity contribution in [2.75, 3.05) is 46.5 Å². The van der Waals surface area contributed by atoms with E-state index in [1.165, 1.54) is 29.0 Å². The van der Waals surface area contributed by atoms with Crippen molar-refractivity contribution in [3.05, 3.63) is 65.2 Å². The van der Waals surface area contributed by atoms with E-state index in [1.54, 1.807) is 36.4 Å². The number of nitrogens with one attached hydrogen (secondary N) is 1. The molecule has 0 radical (unpaired) electrons. The van der Waals surface area contributed by atoms with Gasteiger partial charge in [-0.2, -0.15) is 0 Å². The fourth-order valence-corrected chi connectivity index (χ4v) is 4.23. The van der Waals surface area contributed by atoms with E-state index in [2.05, 4.69) is 0 Å². The molecule has 0 bridgehead atoms. The topological polar surface area (TPSA) is 104 Å². The number of aliphatic hydroxyl groups excluding tert-OH is 1. The number of hydrogen-bond donors (Lipinski definition) is 2. The summed E-state index contributed by atoms with van der Waals surface area (Å²) in [6, 6.07) is 11.9. The van der Waals surface area contributed by atoms with Gasteiger partial charge in [0.1, 0.15) is 24.6 Å². The molecule has 0 saturated carbocycles. The minimum Gasteiger partial charge on any atom is -0.872 e. The number of Topliss-reactive ketones (excluding diaryl/α,β-unsaturated/α-hetero) is 1. The molecule has 4 rings (SSSR count). The van der Waals surface area contributed by atoms with Crippen LogP contribution in [-0.2, 0) is 14.3 Å². The van der Waals surface area contributed by atoms with Gasteiger partial charge in [0.25, 0.3) is 11.7 Å². The Hall–Kier alpha value is -3.36. The molecule has 8 heteroatoms. The number of amides is 1. The molecule has 2 N–H and O–H groups in total. The largest absolute Gasteiger partial charge is 0.872 e. The van der Waals surface area contributed by atoms with Gasteiger partial charge in [-0.1, -0.05) is 24.3 Å². The fourth-order valence-electron chi connectivity index (χ4n) is 4.23. The summed E-state index contributed by atoms with van der Waals surface area (Å²) in [5.41, 5.74) is 0.886. The van der Waals surface area contributed by atoms with E-state index in [0.717, 1.165) is 13.1 Å². The predicted octanol–water partition coefficient (Wildman–Crippen LogP) is 0.106. The molecular weight excluding hydrogens is 412 g/mol. The van der Waals surface area contributed by atoms with Crippen molar-refractivity contribution in [2.24, 2.45) is 0 Å². The molecule has 2 heterocycles. The van der Waals surface area contributed by atoms with E-state index in [-0.39, 0.29) is 17.1 Å². The zero-order valence-electron chi connectivity index (χ0n) is 17.9. The molecule has 1 amide bonds. The van der Waals surface area contributed by atoms with Gasteiger partial charge < -0.3 is 29.5 Å². The van der Waals surface area contributed by atoms with Crippen molar-refractivity contribution in [3.63, 3.8) is 0 Å². The van der Waals surface area contributed by atoms with E-state index in [9.17, 15) is 19.8 Å². The van der Waals surface area contributed by atoms with Crippen LogP contribution in [0, 0.1) is 0 Å². The number of hydrogen-bond acceptors (Lipinski definition) is 6. The zero-order chi connectivity index (χ0) is 22.7. The van der Waals surface area contributed by atoms with E-state index >= 15 is 0 Å². The van der Waals surface area contributed by atoms with Crippen LogP contribution >= 0.6 is 0 Å². The molecule has 2 aromatic rings. The molecule has 168 valence electrons. The van der Waals surface area contributed by atoms with Gasteiger partial charge in [0.2, 0.25) is 0 Å². The number of ketones is 1. The van der Waals surface area contributed by atoms with Crippen molar-refractivity contribution < 1.29 is 34.2 Å². The van der Waals surface area contributed by atoms with E-state index in [1.807, 2.05) is 0 Å². The van der Waals surface area contributed by atoms with Crippen LogP contribution in [0.4, 0.5) is 0 Å². The highest BCUT2D eigenvalue weighted by molar-refractivity contribution is 6.46. The lowest BCUT2D eigenvalue weighted by atomic mass is 9.95. The SMILES string of the molecule is COc1ccc(C(O)=C2C(=O)C(=O)N(CC[NH+]3CCOCC3)C2c2cccc([O-])c2)cc1. The van der Waals surface area contributed by atoms with Crippen LogP contribution in [0.2, 0.25) is 0 Å². The molecule has 0 aromatic heterocycles. The number of methoxy groups -OCH3 is 1. The van der Waals surface area contributed by atoms with Crippen LogP contribution in [0.15, 0.2) is 54.1 Å². The third-order valence-corrected chi connectivity index (χ3v) is 5.98. The molecule has 2 aliphatic rings. The first-order chi connectivity index (χ1) is 15.5. The smallest absolute Gasteiger partial charge is 0.295 e. The Morgan fingerprint density at radius 3 is 2.56 bits per heavy atom. The summed E-state index contributed by atoms with van der Waals surface area (Å²) in [6.45, 7) is 3.95. The van der Waals surface area contributed by atoms with Crippen molar-refractivity contribution in [1.29, 1.82) is 0 Å². The summed E-state index contributed by atoms with van der Waals surface area (Å²) < 4.78 is 10.5. The molecule has 2 aromatic carbocycles. The highest BCUT2D eigenvalue weighted by Crippen LogP contribution is 2.39. The Balaban J connectivity index is 1.73. The number of carbonyl (C=O) groups is 2. The Morgan fingerprint density at radius 1 is 1.19 bits per heavy atom. The Kier molecular flexibility index (Phi) is 6.43. The van der Waals surface area contributed by atoms with Gasteiger partial charge in [-0.15, -0.1) is 5.75 Å². The second-order valence-corrected chi connectivity index (χ2v) is 7.91. The Labute approximate surface area is 186 Å². The molecule has 2 saturated heterocycles. The number of aliphatic hydroxyl groups is 1. The number of benzene rings is 2. The third kappa shape index (κ3) is 4.32. The van der Waals surface area contributed by atoms with Crippen molar-refractivity contribution in [2.45, 2.75) is 6.04 Å². The van der Waals surface area contributed by atoms with Crippen LogP contribution in [0.25, 0.3) is 5.76 Å². The van der Waals surface area contributed by atoms with Crippen molar-refractivity contribution in [1.82, 2.24) is 4.90 Å². The number of quaternary nitrogens is 1. The Morgan fingerprint density at radius 2 is 1.91 bits per heavy atom. The molecule has 0 spiro atoms. The van der Waals surface area contributed by atoms with Gasteiger partial charge in [-0.3, -0.25) is 9.59 Å². The van der Waals surface area contributed by atoms with Crippen molar-refractivity contribution >= 4 is 17.4 Å². The fraction of sp³-hybridized carbons (Fsp3) is 0.333. The van der Waals surface area contributed by atoms with E-state index in [4.69, 9.17) is 9.47 Å². The highest BCUT2D eigenvalue weighted by atomic mass is 16.5. The van der Waals surface area contributed by atoms with Gasteiger partial charge in [0.15, 0.2) is 0 Å². The Bertz CT molecular complexity index is 1030. The summed E-state index contributed by atoms with van der Waals surface area (Å²) in [4.78, 5) is 28.8. The first kappa shape index (κ1) is 21.9. The van der Waals surface area contributed by atoms with Crippen LogP contribution in [0.1, 0.15) is 17.2 Å². The molecule has 2 fully saturated rings. The number of nitrogens with zero attached hydrogens (tertiary/aromatic N) is 1. The predicted molar refractivity (Wildman–Crippen MR) is 114 cm³/mol. The van der Waals surface area contributed by atoms with Crippen LogP contribution in [-0.4, -0.2) is 68.2 Å². The first-order valence-electron chi connectivity index (χ1n) is 10.6. The van der Waals surface area contributed by atoms with Gasteiger partial charge in [0, 0.05) is 5.56 Å². The lowest BCUT2D eigenvalue weighted by molar-refractivity contribution is -0.907. The van der Waals surface area contributed by atoms with Crippen molar-refractivity contribution in [3.8, 4) is 11.5 Å². The minimum atomic E-state index is -0.827. The monoisotopic (exact) mass is 438 g/mol. The van der Waals surface area contributed by atoms with Gasteiger partial charge in [0.05, 0.1) is 45.0 Å². The minimum absolute atomic E-state index is 0.0113. The highest BCUT2D eigenvalue weighted by Gasteiger charge is 2.46. The van der Waals surface area contributed by atoms with Crippen LogP contribution < -0.4 is 14.7 Å². The zero-order valence-corrected chi connectivity index (χ0v) is 17.9.